The highest BCUT2D eigenvalue weighted by Crippen LogP contribution is 2.33. The lowest BCUT2D eigenvalue weighted by Gasteiger charge is -2.18. The summed E-state index contributed by atoms with van der Waals surface area (Å²) in [6, 6.07) is 3.66. The fourth-order valence-corrected chi connectivity index (χ4v) is 4.61. The minimum Gasteiger partial charge on any atom is -0.352 e. The number of fused-ring (bicyclic) bond motifs is 2. The number of carbonyl (C=O) groups excluding carboxylic acids is 1. The molecule has 2 aromatic heterocycles. The normalized spacial score (nSPS) is 18.5. The van der Waals surface area contributed by atoms with Crippen LogP contribution in [-0.2, 0) is 24.2 Å². The van der Waals surface area contributed by atoms with E-state index in [9.17, 15) is 9.59 Å². The summed E-state index contributed by atoms with van der Waals surface area (Å²) in [6.07, 6.45) is 7.61. The summed E-state index contributed by atoms with van der Waals surface area (Å²) in [5.41, 5.74) is 2.86. The summed E-state index contributed by atoms with van der Waals surface area (Å²) in [7, 11) is 0. The molecule has 0 fully saturated rings. The fraction of sp³-hybridized carbons (Fsp3) is 0.444. The number of hydrogen-bond acceptors (Lipinski definition) is 5. The van der Waals surface area contributed by atoms with E-state index in [1.807, 2.05) is 12.1 Å². The molecule has 0 radical (unpaired) electrons. The van der Waals surface area contributed by atoms with Crippen molar-refractivity contribution in [3.8, 4) is 0 Å². The van der Waals surface area contributed by atoms with E-state index in [4.69, 9.17) is 4.98 Å². The first-order valence-corrected chi connectivity index (χ1v) is 9.63. The number of nitrogens with zero attached hydrogens (tertiary/aromatic N) is 3. The minimum absolute atomic E-state index is 0.0491. The lowest BCUT2D eigenvalue weighted by molar-refractivity contribution is -0.121. The highest BCUT2D eigenvalue weighted by molar-refractivity contribution is 7.99. The smallest absolute Gasteiger partial charge is 0.257 e. The average Bonchev–Trinajstić information content (AvgIpc) is 3.04. The van der Waals surface area contributed by atoms with Gasteiger partial charge in [0.15, 0.2) is 5.16 Å². The average molecular weight is 356 g/mol. The quantitative estimate of drug-likeness (QED) is 0.847. The van der Waals surface area contributed by atoms with Gasteiger partial charge in [0, 0.05) is 36.7 Å². The summed E-state index contributed by atoms with van der Waals surface area (Å²) >= 11 is 1.58. The Kier molecular flexibility index (Phi) is 4.57. The summed E-state index contributed by atoms with van der Waals surface area (Å²) in [5.74, 6) is 0.678. The molecule has 0 saturated carbocycles. The van der Waals surface area contributed by atoms with Crippen LogP contribution in [0, 0.1) is 0 Å². The molecule has 1 aliphatic carbocycles. The maximum absolute atomic E-state index is 12.8. The third-order valence-corrected chi connectivity index (χ3v) is 5.85. The largest absolute Gasteiger partial charge is 0.352 e. The van der Waals surface area contributed by atoms with Gasteiger partial charge in [-0.25, -0.2) is 4.98 Å². The molecule has 1 aliphatic heterocycles. The Labute approximate surface area is 150 Å². The summed E-state index contributed by atoms with van der Waals surface area (Å²) in [5, 5.41) is 3.69. The number of nitrogens with one attached hydrogen (secondary N) is 1. The van der Waals surface area contributed by atoms with Crippen LogP contribution < -0.4 is 10.9 Å². The molecule has 3 heterocycles. The topological polar surface area (TPSA) is 76.9 Å². The lowest BCUT2D eigenvalue weighted by Crippen LogP contribution is -2.33. The van der Waals surface area contributed by atoms with Gasteiger partial charge in [0.2, 0.25) is 5.91 Å². The zero-order chi connectivity index (χ0) is 17.2. The van der Waals surface area contributed by atoms with E-state index in [2.05, 4.69) is 10.3 Å². The molecule has 0 saturated heterocycles. The van der Waals surface area contributed by atoms with Crippen molar-refractivity contribution >= 4 is 17.7 Å². The van der Waals surface area contributed by atoms with Gasteiger partial charge < -0.3 is 5.32 Å². The van der Waals surface area contributed by atoms with Crippen molar-refractivity contribution in [2.75, 3.05) is 5.75 Å². The maximum Gasteiger partial charge on any atom is 0.257 e. The molecular weight excluding hydrogens is 336 g/mol. The second-order valence-electron chi connectivity index (χ2n) is 6.51. The van der Waals surface area contributed by atoms with Gasteiger partial charge in [-0.15, -0.1) is 0 Å². The van der Waals surface area contributed by atoms with Gasteiger partial charge in [-0.1, -0.05) is 17.8 Å². The first kappa shape index (κ1) is 16.3. The summed E-state index contributed by atoms with van der Waals surface area (Å²) < 4.78 is 1.75. The Morgan fingerprint density at radius 2 is 2.24 bits per heavy atom. The molecule has 6 nitrogen and oxygen atoms in total. The number of aryl methyl sites for hydroxylation is 1. The Morgan fingerprint density at radius 3 is 3.08 bits per heavy atom. The third-order valence-electron chi connectivity index (χ3n) is 4.76. The molecule has 2 aromatic rings. The van der Waals surface area contributed by atoms with Crippen LogP contribution in [-0.4, -0.2) is 26.2 Å². The number of aromatic nitrogens is 3. The van der Waals surface area contributed by atoms with E-state index in [1.54, 1.807) is 28.7 Å². The number of rotatable bonds is 4. The molecule has 1 atom stereocenters. The van der Waals surface area contributed by atoms with Crippen molar-refractivity contribution < 1.29 is 4.79 Å². The Bertz CT molecular complexity index is 850. The van der Waals surface area contributed by atoms with Crippen LogP contribution in [0.3, 0.4) is 0 Å². The number of carbonyl (C=O) groups is 1. The van der Waals surface area contributed by atoms with Gasteiger partial charge in [0.05, 0.1) is 11.7 Å². The van der Waals surface area contributed by atoms with Gasteiger partial charge in [-0.3, -0.25) is 19.1 Å². The Hall–Kier alpha value is -2.15. The van der Waals surface area contributed by atoms with Gasteiger partial charge in [-0.2, -0.15) is 0 Å². The van der Waals surface area contributed by atoms with Crippen molar-refractivity contribution in [3.63, 3.8) is 0 Å². The van der Waals surface area contributed by atoms with Crippen LogP contribution in [0.2, 0.25) is 0 Å². The molecule has 0 spiro atoms. The molecule has 7 heteroatoms. The van der Waals surface area contributed by atoms with Gasteiger partial charge >= 0.3 is 0 Å². The first-order chi connectivity index (χ1) is 12.2. The zero-order valence-electron chi connectivity index (χ0n) is 13.9. The molecule has 1 amide bonds. The highest BCUT2D eigenvalue weighted by Gasteiger charge is 2.30. The van der Waals surface area contributed by atoms with Crippen LogP contribution in [0.5, 0.6) is 0 Å². The van der Waals surface area contributed by atoms with Gasteiger partial charge in [0.1, 0.15) is 0 Å². The molecule has 4 rings (SSSR count). The van der Waals surface area contributed by atoms with E-state index in [0.29, 0.717) is 13.0 Å². The lowest BCUT2D eigenvalue weighted by atomic mass is 9.97. The van der Waals surface area contributed by atoms with Crippen molar-refractivity contribution in [3.05, 3.63) is 51.7 Å². The predicted octanol–water partition coefficient (Wildman–Crippen LogP) is 1.87. The fourth-order valence-electron chi connectivity index (χ4n) is 3.45. The van der Waals surface area contributed by atoms with E-state index in [-0.39, 0.29) is 17.5 Å². The van der Waals surface area contributed by atoms with Crippen LogP contribution in [0.1, 0.15) is 42.1 Å². The number of pyridine rings is 1. The monoisotopic (exact) mass is 356 g/mol. The second-order valence-corrected chi connectivity index (χ2v) is 7.50. The van der Waals surface area contributed by atoms with Crippen LogP contribution in [0.15, 0.2) is 34.5 Å². The van der Waals surface area contributed by atoms with Gasteiger partial charge in [-0.05, 0) is 37.3 Å². The first-order valence-electron chi connectivity index (χ1n) is 8.65. The van der Waals surface area contributed by atoms with Crippen molar-refractivity contribution in [2.24, 2.45) is 0 Å². The van der Waals surface area contributed by atoms with Crippen molar-refractivity contribution in [1.82, 2.24) is 19.9 Å². The molecule has 130 valence electrons. The van der Waals surface area contributed by atoms with Crippen LogP contribution in [0.25, 0.3) is 0 Å². The van der Waals surface area contributed by atoms with Crippen molar-refractivity contribution in [1.29, 1.82) is 0 Å². The summed E-state index contributed by atoms with van der Waals surface area (Å²) in [6.45, 7) is 0.455. The molecule has 0 bridgehead atoms. The standard InChI is InChI=1S/C18H20N4O2S/c23-16(20-10-12-4-3-7-19-9-12)8-13-11-25-18-21-15-6-2-1-5-14(15)17(24)22(13)18/h3-4,7,9,13H,1-2,5-6,8,10-11H2,(H,20,23)/t13-/m1/s1. The summed E-state index contributed by atoms with van der Waals surface area (Å²) in [4.78, 5) is 33.9. The van der Waals surface area contributed by atoms with Crippen molar-refractivity contribution in [2.45, 2.75) is 49.8 Å². The number of amides is 1. The Balaban J connectivity index is 1.47. The highest BCUT2D eigenvalue weighted by atomic mass is 32.2. The van der Waals surface area contributed by atoms with E-state index in [0.717, 1.165) is 53.4 Å². The van der Waals surface area contributed by atoms with E-state index >= 15 is 0 Å². The zero-order valence-corrected chi connectivity index (χ0v) is 14.7. The predicted molar refractivity (Wildman–Crippen MR) is 95.6 cm³/mol. The number of thioether (sulfide) groups is 1. The second kappa shape index (κ2) is 7.00. The molecule has 1 N–H and O–H groups in total. The third kappa shape index (κ3) is 3.33. The van der Waals surface area contributed by atoms with E-state index < -0.39 is 0 Å². The van der Waals surface area contributed by atoms with E-state index in [1.165, 1.54) is 0 Å². The molecule has 0 unspecified atom stereocenters. The molecular formula is C18H20N4O2S. The van der Waals surface area contributed by atoms with Crippen LogP contribution >= 0.6 is 11.8 Å². The Morgan fingerprint density at radius 1 is 1.36 bits per heavy atom. The van der Waals surface area contributed by atoms with Crippen LogP contribution in [0.4, 0.5) is 0 Å². The number of hydrogen-bond donors (Lipinski definition) is 1. The maximum atomic E-state index is 12.8. The molecule has 0 aromatic carbocycles. The minimum atomic E-state index is -0.110. The molecule has 25 heavy (non-hydrogen) atoms. The molecule has 2 aliphatic rings. The van der Waals surface area contributed by atoms with Gasteiger partial charge in [0.25, 0.3) is 5.56 Å². The SMILES string of the molecule is O=C(C[C@@H]1CSc2nc3c(c(=O)n21)CCCC3)NCc1cccnc1.